The maximum absolute atomic E-state index is 3.63. The van der Waals surface area contributed by atoms with Crippen molar-refractivity contribution >= 4 is 0 Å². The molecule has 0 radical (unpaired) electrons. The lowest BCUT2D eigenvalue weighted by molar-refractivity contribution is 0.510. The summed E-state index contributed by atoms with van der Waals surface area (Å²) in [5.74, 6) is 0. The lowest BCUT2D eigenvalue weighted by Gasteiger charge is -2.36. The highest BCUT2D eigenvalue weighted by molar-refractivity contribution is 5.50. The predicted octanol–water partition coefficient (Wildman–Crippen LogP) is 6.59. The van der Waals surface area contributed by atoms with E-state index in [1.807, 2.05) is 0 Å². The van der Waals surface area contributed by atoms with Crippen LogP contribution in [-0.2, 0) is 12.0 Å². The molecule has 0 atom stereocenters. The van der Waals surface area contributed by atoms with Crippen LogP contribution in [0.4, 0.5) is 0 Å². The van der Waals surface area contributed by atoms with E-state index in [9.17, 15) is 0 Å². The number of nitrogens with one attached hydrogen (secondary N) is 1. The SMILES string of the molecule is c1ccc(CNCCCC(c2ccccc2)(c2ccccc2)c2ccccc2)cc1. The van der Waals surface area contributed by atoms with Crippen molar-refractivity contribution in [3.8, 4) is 0 Å². The van der Waals surface area contributed by atoms with Gasteiger partial charge in [0.15, 0.2) is 0 Å². The molecule has 0 aliphatic rings. The molecule has 0 spiro atoms. The van der Waals surface area contributed by atoms with Crippen molar-refractivity contribution in [3.63, 3.8) is 0 Å². The Balaban J connectivity index is 1.61. The lowest BCUT2D eigenvalue weighted by Crippen LogP contribution is -2.30. The number of rotatable bonds is 9. The molecule has 0 fully saturated rings. The van der Waals surface area contributed by atoms with Gasteiger partial charge in [0.1, 0.15) is 0 Å². The van der Waals surface area contributed by atoms with Crippen molar-refractivity contribution in [3.05, 3.63) is 144 Å². The van der Waals surface area contributed by atoms with Crippen LogP contribution in [0.15, 0.2) is 121 Å². The summed E-state index contributed by atoms with van der Waals surface area (Å²) >= 11 is 0. The van der Waals surface area contributed by atoms with Gasteiger partial charge in [-0.3, -0.25) is 0 Å². The van der Waals surface area contributed by atoms with Crippen LogP contribution in [0.2, 0.25) is 0 Å². The lowest BCUT2D eigenvalue weighted by atomic mass is 9.67. The Morgan fingerprint density at radius 1 is 0.500 bits per heavy atom. The van der Waals surface area contributed by atoms with E-state index >= 15 is 0 Å². The zero-order valence-electron chi connectivity index (χ0n) is 17.4. The Morgan fingerprint density at radius 2 is 0.900 bits per heavy atom. The first-order chi connectivity index (χ1) is 14.9. The Labute approximate surface area is 180 Å². The molecule has 0 bridgehead atoms. The fourth-order valence-corrected chi connectivity index (χ4v) is 4.41. The van der Waals surface area contributed by atoms with Crippen molar-refractivity contribution in [1.82, 2.24) is 5.32 Å². The summed E-state index contributed by atoms with van der Waals surface area (Å²) in [7, 11) is 0. The highest BCUT2D eigenvalue weighted by Gasteiger charge is 2.35. The molecule has 0 heterocycles. The monoisotopic (exact) mass is 391 g/mol. The minimum absolute atomic E-state index is 0.155. The third-order valence-electron chi connectivity index (χ3n) is 5.88. The van der Waals surface area contributed by atoms with E-state index in [1.165, 1.54) is 22.3 Å². The highest BCUT2D eigenvalue weighted by Crippen LogP contribution is 2.42. The first kappa shape index (κ1) is 20.1. The van der Waals surface area contributed by atoms with E-state index in [2.05, 4.69) is 127 Å². The van der Waals surface area contributed by atoms with Crippen LogP contribution in [0.25, 0.3) is 0 Å². The number of benzene rings is 4. The summed E-state index contributed by atoms with van der Waals surface area (Å²) in [6, 6.07) is 43.5. The average Bonchev–Trinajstić information content (AvgIpc) is 2.84. The van der Waals surface area contributed by atoms with Gasteiger partial charge < -0.3 is 5.32 Å². The summed E-state index contributed by atoms with van der Waals surface area (Å²) in [4.78, 5) is 0. The molecule has 1 N–H and O–H groups in total. The smallest absolute Gasteiger partial charge is 0.0451 e. The van der Waals surface area contributed by atoms with Crippen LogP contribution < -0.4 is 5.32 Å². The van der Waals surface area contributed by atoms with E-state index in [0.29, 0.717) is 0 Å². The molecule has 150 valence electrons. The van der Waals surface area contributed by atoms with Gasteiger partial charge in [0.05, 0.1) is 0 Å². The quantitative estimate of drug-likeness (QED) is 0.251. The molecule has 4 aromatic rings. The Morgan fingerprint density at radius 3 is 1.33 bits per heavy atom. The molecule has 4 aromatic carbocycles. The standard InChI is InChI=1S/C29H29N/c1-5-14-25(15-6-1)24-30-23-13-22-29(26-16-7-2-8-17-26,27-18-9-3-10-19-27)28-20-11-4-12-21-28/h1-12,14-21,30H,13,22-24H2. The summed E-state index contributed by atoms with van der Waals surface area (Å²) in [6.07, 6.45) is 2.14. The third kappa shape index (κ3) is 4.53. The molecular formula is C29H29N. The molecule has 1 heteroatoms. The molecule has 0 saturated heterocycles. The van der Waals surface area contributed by atoms with Crippen LogP contribution in [0.5, 0.6) is 0 Å². The van der Waals surface area contributed by atoms with Gasteiger partial charge in [-0.05, 0) is 41.6 Å². The maximum Gasteiger partial charge on any atom is 0.0451 e. The van der Waals surface area contributed by atoms with Crippen LogP contribution in [0.3, 0.4) is 0 Å². The van der Waals surface area contributed by atoms with Gasteiger partial charge >= 0.3 is 0 Å². The molecule has 4 rings (SSSR count). The maximum atomic E-state index is 3.63. The van der Waals surface area contributed by atoms with Crippen molar-refractivity contribution in [2.75, 3.05) is 6.54 Å². The Hall–Kier alpha value is -3.16. The second-order valence-corrected chi connectivity index (χ2v) is 7.77. The zero-order valence-corrected chi connectivity index (χ0v) is 17.4. The van der Waals surface area contributed by atoms with E-state index in [-0.39, 0.29) is 5.41 Å². The second-order valence-electron chi connectivity index (χ2n) is 7.77. The van der Waals surface area contributed by atoms with E-state index in [0.717, 1.165) is 25.9 Å². The fourth-order valence-electron chi connectivity index (χ4n) is 4.41. The van der Waals surface area contributed by atoms with Gasteiger partial charge in [-0.2, -0.15) is 0 Å². The molecule has 0 amide bonds. The molecule has 0 aromatic heterocycles. The van der Waals surface area contributed by atoms with Gasteiger partial charge in [-0.25, -0.2) is 0 Å². The summed E-state index contributed by atoms with van der Waals surface area (Å²) in [6.45, 7) is 1.90. The van der Waals surface area contributed by atoms with E-state index < -0.39 is 0 Å². The van der Waals surface area contributed by atoms with Crippen molar-refractivity contribution in [2.45, 2.75) is 24.8 Å². The van der Waals surface area contributed by atoms with Crippen LogP contribution in [0.1, 0.15) is 35.1 Å². The van der Waals surface area contributed by atoms with Crippen molar-refractivity contribution in [2.24, 2.45) is 0 Å². The molecule has 0 saturated carbocycles. The van der Waals surface area contributed by atoms with Crippen LogP contribution in [0, 0.1) is 0 Å². The zero-order chi connectivity index (χ0) is 20.5. The van der Waals surface area contributed by atoms with Gasteiger partial charge in [-0.15, -0.1) is 0 Å². The predicted molar refractivity (Wildman–Crippen MR) is 127 cm³/mol. The Kier molecular flexibility index (Phi) is 6.74. The fraction of sp³-hybridized carbons (Fsp3) is 0.172. The topological polar surface area (TPSA) is 12.0 Å². The molecule has 0 aliphatic carbocycles. The molecular weight excluding hydrogens is 362 g/mol. The summed E-state index contributed by atoms with van der Waals surface area (Å²) in [5, 5.41) is 3.63. The normalized spacial score (nSPS) is 11.3. The molecule has 0 aliphatic heterocycles. The number of hydrogen-bond donors (Lipinski definition) is 1. The second kappa shape index (κ2) is 10.0. The van der Waals surface area contributed by atoms with Crippen LogP contribution >= 0.6 is 0 Å². The molecule has 1 nitrogen and oxygen atoms in total. The molecule has 0 unspecified atom stereocenters. The van der Waals surface area contributed by atoms with E-state index in [4.69, 9.17) is 0 Å². The average molecular weight is 392 g/mol. The van der Waals surface area contributed by atoms with Gasteiger partial charge in [0, 0.05) is 12.0 Å². The summed E-state index contributed by atoms with van der Waals surface area (Å²) < 4.78 is 0. The van der Waals surface area contributed by atoms with E-state index in [1.54, 1.807) is 0 Å². The number of hydrogen-bond acceptors (Lipinski definition) is 1. The Bertz CT molecular complexity index is 899. The van der Waals surface area contributed by atoms with Crippen LogP contribution in [-0.4, -0.2) is 6.54 Å². The first-order valence-corrected chi connectivity index (χ1v) is 10.8. The first-order valence-electron chi connectivity index (χ1n) is 10.8. The molecule has 30 heavy (non-hydrogen) atoms. The summed E-state index contributed by atoms with van der Waals surface area (Å²) in [5.41, 5.74) is 5.23. The van der Waals surface area contributed by atoms with Gasteiger partial charge in [0.25, 0.3) is 0 Å². The highest BCUT2D eigenvalue weighted by atomic mass is 14.8. The largest absolute Gasteiger partial charge is 0.313 e. The minimum atomic E-state index is -0.155. The van der Waals surface area contributed by atoms with Crippen molar-refractivity contribution < 1.29 is 0 Å². The van der Waals surface area contributed by atoms with Crippen molar-refractivity contribution in [1.29, 1.82) is 0 Å². The van der Waals surface area contributed by atoms with Gasteiger partial charge in [-0.1, -0.05) is 121 Å². The van der Waals surface area contributed by atoms with Gasteiger partial charge in [0.2, 0.25) is 0 Å². The minimum Gasteiger partial charge on any atom is -0.313 e. The third-order valence-corrected chi connectivity index (χ3v) is 5.88.